The molecule has 3 amide bonds. The molecule has 3 rings (SSSR count). The monoisotopic (exact) mass is 343 g/mol. The van der Waals surface area contributed by atoms with E-state index in [1.54, 1.807) is 0 Å². The van der Waals surface area contributed by atoms with E-state index in [1.807, 2.05) is 35.2 Å². The van der Waals surface area contributed by atoms with Gasteiger partial charge in [0, 0.05) is 25.2 Å². The van der Waals surface area contributed by atoms with Crippen LogP contribution in [0.3, 0.4) is 0 Å². The van der Waals surface area contributed by atoms with Crippen molar-refractivity contribution in [3.63, 3.8) is 0 Å². The van der Waals surface area contributed by atoms with Crippen molar-refractivity contribution in [1.29, 1.82) is 0 Å². The highest BCUT2D eigenvalue weighted by Gasteiger charge is 2.25. The Bertz CT molecular complexity index is 562. The third-order valence-corrected chi connectivity index (χ3v) is 5.29. The van der Waals surface area contributed by atoms with Crippen molar-refractivity contribution in [2.75, 3.05) is 13.1 Å². The summed E-state index contributed by atoms with van der Waals surface area (Å²) in [6.45, 7) is 1.43. The summed E-state index contributed by atoms with van der Waals surface area (Å²) in [6, 6.07) is 10.4. The first-order valence-electron chi connectivity index (χ1n) is 9.59. The first-order chi connectivity index (χ1) is 12.2. The number of nitrogens with zero attached hydrogens (tertiary/aromatic N) is 1. The number of urea groups is 1. The van der Waals surface area contributed by atoms with E-state index in [-0.39, 0.29) is 18.0 Å². The van der Waals surface area contributed by atoms with E-state index in [2.05, 4.69) is 10.6 Å². The van der Waals surface area contributed by atoms with E-state index < -0.39 is 0 Å². The largest absolute Gasteiger partial charge is 0.353 e. The van der Waals surface area contributed by atoms with E-state index in [4.69, 9.17) is 0 Å². The second kappa shape index (κ2) is 8.88. The lowest BCUT2D eigenvalue weighted by Gasteiger charge is -2.34. The number of benzene rings is 1. The molecule has 1 aliphatic heterocycles. The van der Waals surface area contributed by atoms with Crippen molar-refractivity contribution in [2.45, 2.75) is 63.5 Å². The maximum absolute atomic E-state index is 12.4. The predicted octanol–water partition coefficient (Wildman–Crippen LogP) is 2.85. The summed E-state index contributed by atoms with van der Waals surface area (Å²) < 4.78 is 0. The molecule has 25 heavy (non-hydrogen) atoms. The van der Waals surface area contributed by atoms with Gasteiger partial charge in [0.15, 0.2) is 0 Å². The zero-order valence-electron chi connectivity index (χ0n) is 14.9. The molecule has 0 aromatic heterocycles. The predicted molar refractivity (Wildman–Crippen MR) is 98.3 cm³/mol. The first-order valence-corrected chi connectivity index (χ1v) is 9.59. The molecule has 0 unspecified atom stereocenters. The fraction of sp³-hybridized carbons (Fsp3) is 0.600. The van der Waals surface area contributed by atoms with Gasteiger partial charge in [0.25, 0.3) is 0 Å². The fourth-order valence-electron chi connectivity index (χ4n) is 3.80. The maximum Gasteiger partial charge on any atom is 0.317 e. The molecule has 0 bridgehead atoms. The molecular weight excluding hydrogens is 314 g/mol. The minimum atomic E-state index is 0.0660. The number of nitrogens with one attached hydrogen (secondary N) is 2. The van der Waals surface area contributed by atoms with Crippen LogP contribution >= 0.6 is 0 Å². The van der Waals surface area contributed by atoms with Crippen LogP contribution in [0.4, 0.5) is 4.79 Å². The Kier molecular flexibility index (Phi) is 6.31. The standard InChI is InChI=1S/C20H29N3O2/c24-19(15-16-7-3-1-4-8-16)21-18-11-13-23(14-12-18)20(25)22-17-9-5-2-6-10-17/h1,3-4,7-8,17-18H,2,5-6,9-15H2,(H,21,24)(H,22,25). The van der Waals surface area contributed by atoms with E-state index in [1.165, 1.54) is 19.3 Å². The van der Waals surface area contributed by atoms with Crippen molar-refractivity contribution in [1.82, 2.24) is 15.5 Å². The van der Waals surface area contributed by atoms with Crippen LogP contribution in [-0.4, -0.2) is 42.0 Å². The van der Waals surface area contributed by atoms with Crippen LogP contribution in [0.15, 0.2) is 30.3 Å². The molecule has 1 aliphatic carbocycles. The van der Waals surface area contributed by atoms with Gasteiger partial charge in [0.05, 0.1) is 6.42 Å². The SMILES string of the molecule is O=C(Cc1ccccc1)NC1CCN(C(=O)NC2CCCCC2)CC1. The fourth-order valence-corrected chi connectivity index (χ4v) is 3.80. The number of carbonyl (C=O) groups excluding carboxylic acids is 2. The first kappa shape index (κ1) is 17.8. The summed E-state index contributed by atoms with van der Waals surface area (Å²) in [5.41, 5.74) is 1.03. The van der Waals surface area contributed by atoms with Gasteiger partial charge in [-0.25, -0.2) is 4.79 Å². The average molecular weight is 343 g/mol. The van der Waals surface area contributed by atoms with Crippen LogP contribution in [0.1, 0.15) is 50.5 Å². The second-order valence-corrected chi connectivity index (χ2v) is 7.28. The smallest absolute Gasteiger partial charge is 0.317 e. The number of carbonyl (C=O) groups is 2. The van der Waals surface area contributed by atoms with Crippen LogP contribution in [0, 0.1) is 0 Å². The van der Waals surface area contributed by atoms with Gasteiger partial charge in [-0.15, -0.1) is 0 Å². The topological polar surface area (TPSA) is 61.4 Å². The second-order valence-electron chi connectivity index (χ2n) is 7.28. The Balaban J connectivity index is 1.37. The van der Waals surface area contributed by atoms with Crippen LogP contribution in [0.5, 0.6) is 0 Å². The molecule has 5 nitrogen and oxygen atoms in total. The highest BCUT2D eigenvalue weighted by Crippen LogP contribution is 2.18. The molecule has 0 radical (unpaired) electrons. The molecular formula is C20H29N3O2. The van der Waals surface area contributed by atoms with E-state index in [0.717, 1.165) is 44.3 Å². The summed E-state index contributed by atoms with van der Waals surface area (Å²) in [4.78, 5) is 26.4. The Morgan fingerprint density at radius 2 is 1.52 bits per heavy atom. The number of piperidine rings is 1. The molecule has 0 atom stereocenters. The third-order valence-electron chi connectivity index (χ3n) is 5.29. The summed E-state index contributed by atoms with van der Waals surface area (Å²) in [7, 11) is 0. The molecule has 1 aromatic rings. The van der Waals surface area contributed by atoms with Crippen LogP contribution in [-0.2, 0) is 11.2 Å². The quantitative estimate of drug-likeness (QED) is 0.883. The Morgan fingerprint density at radius 3 is 2.20 bits per heavy atom. The summed E-state index contributed by atoms with van der Waals surface area (Å²) in [5.74, 6) is 0.0660. The number of hydrogen-bond acceptors (Lipinski definition) is 2. The molecule has 1 saturated carbocycles. The number of rotatable bonds is 4. The summed E-state index contributed by atoms with van der Waals surface area (Å²) >= 11 is 0. The van der Waals surface area contributed by atoms with Gasteiger partial charge in [-0.3, -0.25) is 4.79 Å². The minimum Gasteiger partial charge on any atom is -0.353 e. The van der Waals surface area contributed by atoms with Gasteiger partial charge >= 0.3 is 6.03 Å². The Hall–Kier alpha value is -2.04. The summed E-state index contributed by atoms with van der Waals surface area (Å²) in [6.07, 6.45) is 8.04. The van der Waals surface area contributed by atoms with Crippen molar-refractivity contribution < 1.29 is 9.59 Å². The van der Waals surface area contributed by atoms with Crippen molar-refractivity contribution in [3.05, 3.63) is 35.9 Å². The van der Waals surface area contributed by atoms with Crippen LogP contribution < -0.4 is 10.6 Å². The van der Waals surface area contributed by atoms with Gasteiger partial charge in [-0.05, 0) is 31.2 Å². The van der Waals surface area contributed by atoms with Crippen molar-refractivity contribution in [3.8, 4) is 0 Å². The van der Waals surface area contributed by atoms with Gasteiger partial charge in [0.2, 0.25) is 5.91 Å². The van der Waals surface area contributed by atoms with Crippen molar-refractivity contribution in [2.24, 2.45) is 0 Å². The van der Waals surface area contributed by atoms with Crippen molar-refractivity contribution >= 4 is 11.9 Å². The molecule has 2 N–H and O–H groups in total. The molecule has 5 heteroatoms. The normalized spacial score (nSPS) is 19.4. The summed E-state index contributed by atoms with van der Waals surface area (Å²) in [5, 5.41) is 6.29. The highest BCUT2D eigenvalue weighted by molar-refractivity contribution is 5.79. The van der Waals surface area contributed by atoms with Gasteiger partial charge in [0.1, 0.15) is 0 Å². The van der Waals surface area contributed by atoms with Crippen LogP contribution in [0.25, 0.3) is 0 Å². The number of likely N-dealkylation sites (tertiary alicyclic amines) is 1. The lowest BCUT2D eigenvalue weighted by atomic mass is 9.95. The zero-order chi connectivity index (χ0) is 17.5. The maximum atomic E-state index is 12.4. The van der Waals surface area contributed by atoms with Gasteiger partial charge in [-0.2, -0.15) is 0 Å². The Labute approximate surface area is 150 Å². The molecule has 1 heterocycles. The lowest BCUT2D eigenvalue weighted by molar-refractivity contribution is -0.121. The third kappa shape index (κ3) is 5.48. The zero-order valence-corrected chi connectivity index (χ0v) is 14.9. The number of hydrogen-bond donors (Lipinski definition) is 2. The number of amides is 3. The van der Waals surface area contributed by atoms with E-state index >= 15 is 0 Å². The molecule has 2 fully saturated rings. The Morgan fingerprint density at radius 1 is 0.880 bits per heavy atom. The van der Waals surface area contributed by atoms with E-state index in [0.29, 0.717) is 12.5 Å². The molecule has 0 spiro atoms. The molecule has 2 aliphatic rings. The lowest BCUT2D eigenvalue weighted by Crippen LogP contribution is -2.51. The van der Waals surface area contributed by atoms with E-state index in [9.17, 15) is 9.59 Å². The van der Waals surface area contributed by atoms with Crippen LogP contribution in [0.2, 0.25) is 0 Å². The molecule has 1 aromatic carbocycles. The molecule has 1 saturated heterocycles. The molecule has 136 valence electrons. The van der Waals surface area contributed by atoms with Gasteiger partial charge < -0.3 is 15.5 Å². The minimum absolute atomic E-state index is 0.0660. The highest BCUT2D eigenvalue weighted by atomic mass is 16.2. The average Bonchev–Trinajstić information content (AvgIpc) is 2.64. The van der Waals surface area contributed by atoms with Gasteiger partial charge in [-0.1, -0.05) is 49.6 Å².